The number of aromatic nitrogens is 2. The van der Waals surface area contributed by atoms with E-state index in [1.165, 1.54) is 5.56 Å². The summed E-state index contributed by atoms with van der Waals surface area (Å²) in [6.45, 7) is 7.85. The molecule has 1 fully saturated rings. The number of nitrogens with two attached hydrogens (primary N) is 1. The van der Waals surface area contributed by atoms with Crippen molar-refractivity contribution in [2.24, 2.45) is 0 Å². The highest BCUT2D eigenvalue weighted by molar-refractivity contribution is 6.31. The summed E-state index contributed by atoms with van der Waals surface area (Å²) < 4.78 is 1.83. The largest absolute Gasteiger partial charge is 0.383 e. The molecule has 0 bridgehead atoms. The zero-order chi connectivity index (χ0) is 23.5. The van der Waals surface area contributed by atoms with Crippen molar-refractivity contribution in [2.75, 3.05) is 31.9 Å². The van der Waals surface area contributed by atoms with Gasteiger partial charge in [-0.3, -0.25) is 9.80 Å². The monoisotopic (exact) mass is 471 g/mol. The summed E-state index contributed by atoms with van der Waals surface area (Å²) in [6, 6.07) is 27.0. The van der Waals surface area contributed by atoms with E-state index in [1.54, 1.807) is 0 Å². The second-order valence-electron chi connectivity index (χ2n) is 8.96. The van der Waals surface area contributed by atoms with E-state index in [0.29, 0.717) is 10.8 Å². The van der Waals surface area contributed by atoms with Crippen LogP contribution in [0.25, 0.3) is 16.8 Å². The summed E-state index contributed by atoms with van der Waals surface area (Å²) in [5.74, 6) is 0.642. The van der Waals surface area contributed by atoms with Crippen LogP contribution in [0, 0.1) is 6.92 Å². The van der Waals surface area contributed by atoms with Crippen LogP contribution in [0.15, 0.2) is 78.9 Å². The SMILES string of the molecule is Cc1ccc(-n2nc(CN3CCN(Cc4ccccc4)CC3)c(-c3ccccc3)c2N)cc1Cl. The van der Waals surface area contributed by atoms with Crippen molar-refractivity contribution in [3.63, 3.8) is 0 Å². The van der Waals surface area contributed by atoms with Crippen molar-refractivity contribution < 1.29 is 0 Å². The van der Waals surface area contributed by atoms with Crippen molar-refractivity contribution in [1.82, 2.24) is 19.6 Å². The topological polar surface area (TPSA) is 50.3 Å². The summed E-state index contributed by atoms with van der Waals surface area (Å²) in [5, 5.41) is 5.70. The third kappa shape index (κ3) is 4.87. The molecular formula is C28H30ClN5. The van der Waals surface area contributed by atoms with Crippen LogP contribution in [0.5, 0.6) is 0 Å². The summed E-state index contributed by atoms with van der Waals surface area (Å²) in [5.41, 5.74) is 13.1. The van der Waals surface area contributed by atoms with Gasteiger partial charge in [-0.05, 0) is 35.7 Å². The van der Waals surface area contributed by atoms with Gasteiger partial charge in [0, 0.05) is 49.9 Å². The predicted octanol–water partition coefficient (Wildman–Crippen LogP) is 5.40. The van der Waals surface area contributed by atoms with Gasteiger partial charge >= 0.3 is 0 Å². The van der Waals surface area contributed by atoms with E-state index in [1.807, 2.05) is 48.0 Å². The Kier molecular flexibility index (Phi) is 6.68. The average molecular weight is 472 g/mol. The first-order valence-corrected chi connectivity index (χ1v) is 12.1. The Morgan fingerprint density at radius 1 is 0.824 bits per heavy atom. The molecule has 3 aromatic carbocycles. The molecular weight excluding hydrogens is 442 g/mol. The first kappa shape index (κ1) is 22.7. The van der Waals surface area contributed by atoms with Crippen LogP contribution < -0.4 is 5.73 Å². The van der Waals surface area contributed by atoms with E-state index in [-0.39, 0.29) is 0 Å². The maximum atomic E-state index is 6.70. The van der Waals surface area contributed by atoms with Gasteiger partial charge in [0.15, 0.2) is 0 Å². The zero-order valence-corrected chi connectivity index (χ0v) is 20.2. The van der Waals surface area contributed by atoms with E-state index in [2.05, 4.69) is 52.3 Å². The summed E-state index contributed by atoms with van der Waals surface area (Å²) >= 11 is 6.41. The minimum atomic E-state index is 0.642. The van der Waals surface area contributed by atoms with Crippen molar-refractivity contribution in [3.05, 3.63) is 101 Å². The number of rotatable bonds is 6. The number of halogens is 1. The van der Waals surface area contributed by atoms with Crippen LogP contribution in [-0.2, 0) is 13.1 Å². The molecule has 1 aromatic heterocycles. The zero-order valence-electron chi connectivity index (χ0n) is 19.5. The van der Waals surface area contributed by atoms with Crippen LogP contribution in [0.1, 0.15) is 16.8 Å². The third-order valence-electron chi connectivity index (χ3n) is 6.54. The molecule has 0 saturated carbocycles. The second-order valence-corrected chi connectivity index (χ2v) is 9.36. The number of hydrogen-bond donors (Lipinski definition) is 1. The highest BCUT2D eigenvalue weighted by Crippen LogP contribution is 2.33. The van der Waals surface area contributed by atoms with Gasteiger partial charge in [-0.15, -0.1) is 0 Å². The Morgan fingerprint density at radius 3 is 2.09 bits per heavy atom. The van der Waals surface area contributed by atoms with Gasteiger partial charge in [0.25, 0.3) is 0 Å². The van der Waals surface area contributed by atoms with Crippen molar-refractivity contribution in [3.8, 4) is 16.8 Å². The van der Waals surface area contributed by atoms with Crippen LogP contribution >= 0.6 is 11.6 Å². The molecule has 2 heterocycles. The maximum absolute atomic E-state index is 6.70. The molecule has 0 spiro atoms. The number of aryl methyl sites for hydroxylation is 1. The molecule has 6 heteroatoms. The lowest BCUT2D eigenvalue weighted by Crippen LogP contribution is -2.45. The Balaban J connectivity index is 1.38. The standard InChI is InChI=1S/C28H30ClN5/c1-21-12-13-24(18-25(21)29)34-28(30)27(23-10-6-3-7-11-23)26(31-34)20-33-16-14-32(15-17-33)19-22-8-4-2-5-9-22/h2-13,18H,14-17,19-20,30H2,1H3. The maximum Gasteiger partial charge on any atom is 0.135 e. The minimum Gasteiger partial charge on any atom is -0.383 e. The molecule has 0 unspecified atom stereocenters. The summed E-state index contributed by atoms with van der Waals surface area (Å²) in [7, 11) is 0. The molecule has 0 amide bonds. The Bertz CT molecular complexity index is 1240. The highest BCUT2D eigenvalue weighted by atomic mass is 35.5. The first-order valence-electron chi connectivity index (χ1n) is 11.8. The summed E-state index contributed by atoms with van der Waals surface area (Å²) in [4.78, 5) is 4.99. The van der Waals surface area contributed by atoms with Gasteiger partial charge in [0.05, 0.1) is 11.4 Å². The molecule has 174 valence electrons. The lowest BCUT2D eigenvalue weighted by Gasteiger charge is -2.34. The third-order valence-corrected chi connectivity index (χ3v) is 6.95. The Morgan fingerprint density at radius 2 is 1.44 bits per heavy atom. The molecule has 2 N–H and O–H groups in total. The number of benzene rings is 3. The lowest BCUT2D eigenvalue weighted by molar-refractivity contribution is 0.121. The van der Waals surface area contributed by atoms with E-state index < -0.39 is 0 Å². The molecule has 5 nitrogen and oxygen atoms in total. The molecule has 0 atom stereocenters. The first-order chi connectivity index (χ1) is 16.6. The minimum absolute atomic E-state index is 0.642. The molecule has 1 aliphatic rings. The van der Waals surface area contributed by atoms with E-state index in [9.17, 15) is 0 Å². The van der Waals surface area contributed by atoms with Crippen LogP contribution in [0.2, 0.25) is 5.02 Å². The van der Waals surface area contributed by atoms with Crippen molar-refractivity contribution >= 4 is 17.4 Å². The van der Waals surface area contributed by atoms with E-state index in [4.69, 9.17) is 22.4 Å². The Labute approximate surface area is 206 Å². The Hall–Kier alpha value is -3.12. The van der Waals surface area contributed by atoms with Crippen LogP contribution in [-0.4, -0.2) is 45.8 Å². The fourth-order valence-corrected chi connectivity index (χ4v) is 4.75. The van der Waals surface area contributed by atoms with Gasteiger partial charge in [-0.25, -0.2) is 4.68 Å². The molecule has 4 aromatic rings. The van der Waals surface area contributed by atoms with Gasteiger partial charge in [-0.1, -0.05) is 78.3 Å². The normalized spacial score (nSPS) is 15.0. The second kappa shape index (κ2) is 10.0. The number of anilines is 1. The number of nitrogen functional groups attached to an aromatic ring is 1. The lowest BCUT2D eigenvalue weighted by atomic mass is 10.0. The molecule has 1 saturated heterocycles. The van der Waals surface area contributed by atoms with Crippen molar-refractivity contribution in [2.45, 2.75) is 20.0 Å². The van der Waals surface area contributed by atoms with Crippen LogP contribution in [0.3, 0.4) is 0 Å². The predicted molar refractivity (Wildman–Crippen MR) is 140 cm³/mol. The molecule has 0 radical (unpaired) electrons. The average Bonchev–Trinajstić information content (AvgIpc) is 3.19. The van der Waals surface area contributed by atoms with Gasteiger partial charge in [0.2, 0.25) is 0 Å². The van der Waals surface area contributed by atoms with E-state index in [0.717, 1.165) is 67.3 Å². The summed E-state index contributed by atoms with van der Waals surface area (Å²) in [6.07, 6.45) is 0. The van der Waals surface area contributed by atoms with Crippen molar-refractivity contribution in [1.29, 1.82) is 0 Å². The van der Waals surface area contributed by atoms with Gasteiger partial charge in [-0.2, -0.15) is 5.10 Å². The smallest absolute Gasteiger partial charge is 0.135 e. The fourth-order valence-electron chi connectivity index (χ4n) is 4.58. The molecule has 0 aliphatic carbocycles. The van der Waals surface area contributed by atoms with E-state index >= 15 is 0 Å². The molecule has 5 rings (SSSR count). The quantitative estimate of drug-likeness (QED) is 0.409. The van der Waals surface area contributed by atoms with Crippen LogP contribution in [0.4, 0.5) is 5.82 Å². The molecule has 1 aliphatic heterocycles. The molecule has 34 heavy (non-hydrogen) atoms. The number of nitrogens with zero attached hydrogens (tertiary/aromatic N) is 4. The fraction of sp³-hybridized carbons (Fsp3) is 0.250. The van der Waals surface area contributed by atoms with Gasteiger partial charge < -0.3 is 5.73 Å². The van der Waals surface area contributed by atoms with Gasteiger partial charge in [0.1, 0.15) is 5.82 Å². The highest BCUT2D eigenvalue weighted by Gasteiger charge is 2.23. The number of piperazine rings is 1. The number of hydrogen-bond acceptors (Lipinski definition) is 4.